The average Bonchev–Trinajstić information content (AvgIpc) is 2.14. The number of hydrogen-bond acceptors (Lipinski definition) is 2. The minimum absolute atomic E-state index is 0.0965. The van der Waals surface area contributed by atoms with Crippen LogP contribution in [0.15, 0.2) is 12.2 Å². The fourth-order valence-corrected chi connectivity index (χ4v) is 1.93. The SMILES string of the molecule is C=C1C[C@H]2NC(=O)[C@@](C)(C1)NC2=O. The first-order chi connectivity index (χ1) is 6.01. The lowest BCUT2D eigenvalue weighted by molar-refractivity contribution is -0.139. The normalized spacial score (nSPS) is 38.2. The molecule has 2 amide bonds. The minimum atomic E-state index is -0.777. The molecule has 0 saturated carbocycles. The van der Waals surface area contributed by atoms with Crippen molar-refractivity contribution < 1.29 is 9.59 Å². The summed E-state index contributed by atoms with van der Waals surface area (Å²) in [6, 6.07) is -0.407. The Morgan fingerprint density at radius 3 is 2.92 bits per heavy atom. The molecule has 2 atom stereocenters. The van der Waals surface area contributed by atoms with Crippen LogP contribution in [-0.4, -0.2) is 23.4 Å². The van der Waals surface area contributed by atoms with Gasteiger partial charge in [-0.25, -0.2) is 0 Å². The molecule has 0 radical (unpaired) electrons. The molecule has 0 aromatic carbocycles. The lowest BCUT2D eigenvalue weighted by Crippen LogP contribution is -2.66. The third kappa shape index (κ3) is 1.13. The lowest BCUT2D eigenvalue weighted by Gasteiger charge is -2.33. The van der Waals surface area contributed by atoms with Gasteiger partial charge in [0.15, 0.2) is 0 Å². The van der Waals surface area contributed by atoms with Crippen molar-refractivity contribution in [1.82, 2.24) is 10.6 Å². The number of amides is 2. The van der Waals surface area contributed by atoms with E-state index in [0.29, 0.717) is 12.8 Å². The molecule has 70 valence electrons. The topological polar surface area (TPSA) is 58.2 Å². The predicted octanol–water partition coefficient (Wildman–Crippen LogP) is -0.290. The van der Waals surface area contributed by atoms with Gasteiger partial charge in [-0.05, 0) is 13.3 Å². The molecule has 2 bridgehead atoms. The maximum Gasteiger partial charge on any atom is 0.246 e. The highest BCUT2D eigenvalue weighted by Crippen LogP contribution is 2.27. The molecular formula is C9H12N2O2. The van der Waals surface area contributed by atoms with E-state index in [4.69, 9.17) is 0 Å². The van der Waals surface area contributed by atoms with Gasteiger partial charge in [0.05, 0.1) is 0 Å². The summed E-state index contributed by atoms with van der Waals surface area (Å²) >= 11 is 0. The zero-order valence-electron chi connectivity index (χ0n) is 7.52. The molecule has 13 heavy (non-hydrogen) atoms. The quantitative estimate of drug-likeness (QED) is 0.503. The lowest BCUT2D eigenvalue weighted by atomic mass is 9.93. The van der Waals surface area contributed by atoms with E-state index in [9.17, 15) is 9.59 Å². The van der Waals surface area contributed by atoms with Crippen LogP contribution in [0.3, 0.4) is 0 Å². The molecule has 3 heterocycles. The molecule has 4 nitrogen and oxygen atoms in total. The molecule has 4 heteroatoms. The highest BCUT2D eigenvalue weighted by molar-refractivity contribution is 6.00. The molecule has 3 saturated heterocycles. The van der Waals surface area contributed by atoms with E-state index in [-0.39, 0.29) is 11.8 Å². The average molecular weight is 180 g/mol. The second-order valence-electron chi connectivity index (χ2n) is 3.98. The van der Waals surface area contributed by atoms with Gasteiger partial charge < -0.3 is 10.6 Å². The highest BCUT2D eigenvalue weighted by Gasteiger charge is 2.46. The van der Waals surface area contributed by atoms with E-state index < -0.39 is 11.6 Å². The van der Waals surface area contributed by atoms with Crippen LogP contribution in [0, 0.1) is 0 Å². The Morgan fingerprint density at radius 1 is 1.54 bits per heavy atom. The second kappa shape index (κ2) is 2.34. The van der Waals surface area contributed by atoms with E-state index in [1.54, 1.807) is 6.92 Å². The van der Waals surface area contributed by atoms with E-state index in [1.165, 1.54) is 0 Å². The molecule has 0 spiro atoms. The summed E-state index contributed by atoms with van der Waals surface area (Å²) < 4.78 is 0. The van der Waals surface area contributed by atoms with Crippen LogP contribution in [0.1, 0.15) is 19.8 Å². The van der Waals surface area contributed by atoms with Crippen molar-refractivity contribution in [3.05, 3.63) is 12.2 Å². The molecule has 3 aliphatic heterocycles. The van der Waals surface area contributed by atoms with Crippen molar-refractivity contribution in [1.29, 1.82) is 0 Å². The smallest absolute Gasteiger partial charge is 0.246 e. The number of piperazine rings is 1. The van der Waals surface area contributed by atoms with Crippen LogP contribution in [0.2, 0.25) is 0 Å². The predicted molar refractivity (Wildman–Crippen MR) is 46.9 cm³/mol. The Bertz CT molecular complexity index is 307. The molecule has 3 fully saturated rings. The fraction of sp³-hybridized carbons (Fsp3) is 0.556. The summed E-state index contributed by atoms with van der Waals surface area (Å²) in [5, 5.41) is 5.41. The molecule has 3 rings (SSSR count). The van der Waals surface area contributed by atoms with Gasteiger partial charge in [0.2, 0.25) is 11.8 Å². The summed E-state index contributed by atoms with van der Waals surface area (Å²) in [6.07, 6.45) is 1.11. The first-order valence-corrected chi connectivity index (χ1v) is 4.31. The standard InChI is InChI=1S/C9H12N2O2/c1-5-3-6-7(12)11-9(2,4-5)8(13)10-6/h6H,1,3-4H2,2H3,(H,10,13)(H,11,12)/t6-,9-/m1/s1. The van der Waals surface area contributed by atoms with Crippen LogP contribution >= 0.6 is 0 Å². The van der Waals surface area contributed by atoms with Crippen molar-refractivity contribution in [2.45, 2.75) is 31.3 Å². The summed E-state index contributed by atoms with van der Waals surface area (Å²) in [5.74, 6) is -0.198. The van der Waals surface area contributed by atoms with Crippen LogP contribution in [0.25, 0.3) is 0 Å². The third-order valence-corrected chi connectivity index (χ3v) is 2.62. The van der Waals surface area contributed by atoms with Crippen molar-refractivity contribution in [3.63, 3.8) is 0 Å². The van der Waals surface area contributed by atoms with Gasteiger partial charge in [0, 0.05) is 6.42 Å². The van der Waals surface area contributed by atoms with Crippen molar-refractivity contribution in [3.8, 4) is 0 Å². The number of carbonyl (C=O) groups is 2. The Balaban J connectivity index is 2.41. The van der Waals surface area contributed by atoms with E-state index in [0.717, 1.165) is 5.57 Å². The second-order valence-corrected chi connectivity index (χ2v) is 3.98. The van der Waals surface area contributed by atoms with Crippen LogP contribution in [0.5, 0.6) is 0 Å². The third-order valence-electron chi connectivity index (χ3n) is 2.62. The molecule has 0 aliphatic carbocycles. The van der Waals surface area contributed by atoms with E-state index in [1.807, 2.05) is 0 Å². The van der Waals surface area contributed by atoms with E-state index in [2.05, 4.69) is 17.2 Å². The van der Waals surface area contributed by atoms with Gasteiger partial charge in [-0.2, -0.15) is 0 Å². The number of hydrogen-bond donors (Lipinski definition) is 2. The summed E-state index contributed by atoms with van der Waals surface area (Å²) in [4.78, 5) is 22.9. The number of rotatable bonds is 0. The Kier molecular flexibility index (Phi) is 1.49. The highest BCUT2D eigenvalue weighted by atomic mass is 16.2. The Hall–Kier alpha value is -1.32. The van der Waals surface area contributed by atoms with Crippen LogP contribution in [-0.2, 0) is 9.59 Å². The fourth-order valence-electron chi connectivity index (χ4n) is 1.93. The maximum atomic E-state index is 11.5. The van der Waals surface area contributed by atoms with Gasteiger partial charge >= 0.3 is 0 Å². The zero-order chi connectivity index (χ0) is 9.64. The Morgan fingerprint density at radius 2 is 2.23 bits per heavy atom. The molecule has 0 aromatic rings. The molecule has 3 aliphatic rings. The zero-order valence-corrected chi connectivity index (χ0v) is 7.52. The molecule has 2 N–H and O–H groups in total. The largest absolute Gasteiger partial charge is 0.342 e. The van der Waals surface area contributed by atoms with Gasteiger partial charge in [-0.1, -0.05) is 12.2 Å². The number of nitrogens with one attached hydrogen (secondary N) is 2. The number of carbonyl (C=O) groups excluding carboxylic acids is 2. The Labute approximate surface area is 76.4 Å². The van der Waals surface area contributed by atoms with Crippen LogP contribution < -0.4 is 10.6 Å². The monoisotopic (exact) mass is 180 g/mol. The number of fused-ring (bicyclic) bond motifs is 4. The summed E-state index contributed by atoms with van der Waals surface area (Å²) in [6.45, 7) is 5.57. The maximum absolute atomic E-state index is 11.5. The molecular weight excluding hydrogens is 168 g/mol. The van der Waals surface area contributed by atoms with Crippen molar-refractivity contribution >= 4 is 11.8 Å². The minimum Gasteiger partial charge on any atom is -0.342 e. The van der Waals surface area contributed by atoms with Crippen molar-refractivity contribution in [2.24, 2.45) is 0 Å². The molecule has 0 unspecified atom stereocenters. The van der Waals surface area contributed by atoms with Gasteiger partial charge in [0.1, 0.15) is 11.6 Å². The van der Waals surface area contributed by atoms with E-state index >= 15 is 0 Å². The molecule has 0 aromatic heterocycles. The van der Waals surface area contributed by atoms with Crippen molar-refractivity contribution in [2.75, 3.05) is 0 Å². The first kappa shape index (κ1) is 8.29. The summed E-state index contributed by atoms with van der Waals surface area (Å²) in [5.41, 5.74) is 0.172. The van der Waals surface area contributed by atoms with Gasteiger partial charge in [-0.3, -0.25) is 9.59 Å². The van der Waals surface area contributed by atoms with Gasteiger partial charge in [-0.15, -0.1) is 0 Å². The van der Waals surface area contributed by atoms with Crippen LogP contribution in [0.4, 0.5) is 0 Å². The van der Waals surface area contributed by atoms with Gasteiger partial charge in [0.25, 0.3) is 0 Å². The first-order valence-electron chi connectivity index (χ1n) is 4.31. The summed E-state index contributed by atoms with van der Waals surface area (Å²) in [7, 11) is 0.